The first-order valence-electron chi connectivity index (χ1n) is 9.87. The third-order valence-electron chi connectivity index (χ3n) is 5.39. The Bertz CT molecular complexity index is 1210. The zero-order valence-electron chi connectivity index (χ0n) is 16.7. The summed E-state index contributed by atoms with van der Waals surface area (Å²) in [6, 6.07) is 22.0. The number of carboxylic acid groups (broad SMARTS) is 1. The number of aromatic nitrogens is 1. The van der Waals surface area contributed by atoms with Crippen molar-refractivity contribution in [3.8, 4) is 0 Å². The van der Waals surface area contributed by atoms with Gasteiger partial charge in [-0.3, -0.25) is 0 Å². The summed E-state index contributed by atoms with van der Waals surface area (Å²) in [5.41, 5.74) is 4.89. The number of aromatic carboxylic acids is 1. The number of hydrogen-bond donors (Lipinski definition) is 2. The second-order valence-electron chi connectivity index (χ2n) is 7.40. The van der Waals surface area contributed by atoms with Gasteiger partial charge in [-0.05, 0) is 41.8 Å². The van der Waals surface area contributed by atoms with Gasteiger partial charge >= 0.3 is 5.97 Å². The highest BCUT2D eigenvalue weighted by molar-refractivity contribution is 5.98. The van der Waals surface area contributed by atoms with Crippen LogP contribution in [0.4, 0.5) is 4.39 Å². The van der Waals surface area contributed by atoms with Crippen LogP contribution in [0.15, 0.2) is 72.8 Å². The van der Waals surface area contributed by atoms with Gasteiger partial charge in [0.25, 0.3) is 0 Å². The Morgan fingerprint density at radius 3 is 2.53 bits per heavy atom. The molecule has 0 atom stereocenters. The minimum Gasteiger partial charge on any atom is -0.477 e. The van der Waals surface area contributed by atoms with E-state index in [4.69, 9.17) is 0 Å². The van der Waals surface area contributed by atoms with Gasteiger partial charge in [0, 0.05) is 36.1 Å². The van der Waals surface area contributed by atoms with Crippen LogP contribution in [0.1, 0.15) is 32.7 Å². The highest BCUT2D eigenvalue weighted by Gasteiger charge is 2.22. The quantitative estimate of drug-likeness (QED) is 0.451. The number of nitrogens with one attached hydrogen (secondary N) is 1. The zero-order valence-corrected chi connectivity index (χ0v) is 16.7. The number of aryl methyl sites for hydroxylation is 1. The van der Waals surface area contributed by atoms with Crippen LogP contribution >= 0.6 is 0 Å². The van der Waals surface area contributed by atoms with Gasteiger partial charge in [-0.15, -0.1) is 0 Å². The predicted molar refractivity (Wildman–Crippen MR) is 116 cm³/mol. The summed E-state index contributed by atoms with van der Waals surface area (Å²) in [7, 11) is 0. The number of para-hydroxylation sites is 1. The molecule has 5 heteroatoms. The molecule has 0 saturated heterocycles. The van der Waals surface area contributed by atoms with Crippen molar-refractivity contribution in [2.45, 2.75) is 26.6 Å². The number of halogens is 1. The number of rotatable bonds is 7. The van der Waals surface area contributed by atoms with Crippen LogP contribution in [0.2, 0.25) is 0 Å². The summed E-state index contributed by atoms with van der Waals surface area (Å²) < 4.78 is 15.4. The molecule has 2 N–H and O–H groups in total. The van der Waals surface area contributed by atoms with Crippen molar-refractivity contribution in [3.63, 3.8) is 0 Å². The van der Waals surface area contributed by atoms with Gasteiger partial charge in [0.15, 0.2) is 0 Å². The third kappa shape index (κ3) is 3.98. The van der Waals surface area contributed by atoms with Crippen molar-refractivity contribution >= 4 is 16.9 Å². The van der Waals surface area contributed by atoms with E-state index in [1.165, 1.54) is 23.3 Å². The zero-order chi connectivity index (χ0) is 21.1. The van der Waals surface area contributed by atoms with Crippen LogP contribution in [0.25, 0.3) is 10.9 Å². The molecule has 152 valence electrons. The van der Waals surface area contributed by atoms with Crippen molar-refractivity contribution in [1.29, 1.82) is 0 Å². The van der Waals surface area contributed by atoms with Crippen LogP contribution in [0.3, 0.4) is 0 Å². The average Bonchev–Trinajstić information content (AvgIpc) is 3.03. The molecule has 4 aromatic rings. The normalized spacial score (nSPS) is 11.1. The SMILES string of the molecule is Cc1ccccc1CNCc1c(C(=O)O)n(Cc2cccc(F)c2)c2ccccc12. The third-order valence-corrected chi connectivity index (χ3v) is 5.39. The Morgan fingerprint density at radius 2 is 1.77 bits per heavy atom. The van der Waals surface area contributed by atoms with E-state index >= 15 is 0 Å². The largest absolute Gasteiger partial charge is 0.477 e. The lowest BCUT2D eigenvalue weighted by Gasteiger charge is -2.11. The molecule has 4 rings (SSSR count). The molecule has 0 saturated carbocycles. The van der Waals surface area contributed by atoms with Gasteiger partial charge in [-0.1, -0.05) is 54.6 Å². The smallest absolute Gasteiger partial charge is 0.352 e. The lowest BCUT2D eigenvalue weighted by atomic mass is 10.1. The van der Waals surface area contributed by atoms with Crippen molar-refractivity contribution in [3.05, 3.63) is 107 Å². The van der Waals surface area contributed by atoms with E-state index in [-0.39, 0.29) is 18.1 Å². The standard InChI is InChI=1S/C25H23FN2O2/c1-17-7-2-3-9-19(17)14-27-15-22-21-11-4-5-12-23(21)28(24(22)25(29)30)16-18-8-6-10-20(26)13-18/h2-13,27H,14-16H2,1H3,(H,29,30). The van der Waals surface area contributed by atoms with E-state index in [9.17, 15) is 14.3 Å². The Labute approximate surface area is 174 Å². The maximum atomic E-state index is 13.7. The first-order valence-corrected chi connectivity index (χ1v) is 9.87. The van der Waals surface area contributed by atoms with Gasteiger partial charge in [-0.2, -0.15) is 0 Å². The summed E-state index contributed by atoms with van der Waals surface area (Å²) in [6.07, 6.45) is 0. The molecular formula is C25H23FN2O2. The molecule has 0 bridgehead atoms. The molecule has 0 aliphatic heterocycles. The molecule has 0 aliphatic carbocycles. The Morgan fingerprint density at radius 1 is 1.00 bits per heavy atom. The molecule has 0 radical (unpaired) electrons. The lowest BCUT2D eigenvalue weighted by molar-refractivity contribution is 0.0685. The van der Waals surface area contributed by atoms with Crippen molar-refractivity contribution in [2.24, 2.45) is 0 Å². The monoisotopic (exact) mass is 402 g/mol. The molecular weight excluding hydrogens is 379 g/mol. The molecule has 0 amide bonds. The fourth-order valence-corrected chi connectivity index (χ4v) is 3.91. The lowest BCUT2D eigenvalue weighted by Crippen LogP contribution is -2.17. The Balaban J connectivity index is 1.71. The molecule has 1 aromatic heterocycles. The number of hydrogen-bond acceptors (Lipinski definition) is 2. The van der Waals surface area contributed by atoms with Gasteiger partial charge in [0.2, 0.25) is 0 Å². The van der Waals surface area contributed by atoms with E-state index in [1.807, 2.05) is 36.4 Å². The fourth-order valence-electron chi connectivity index (χ4n) is 3.91. The van der Waals surface area contributed by atoms with Crippen molar-refractivity contribution < 1.29 is 14.3 Å². The van der Waals surface area contributed by atoms with Crippen LogP contribution in [0, 0.1) is 12.7 Å². The first-order chi connectivity index (χ1) is 14.5. The number of carbonyl (C=O) groups is 1. The average molecular weight is 402 g/mol. The number of carboxylic acids is 1. The second-order valence-corrected chi connectivity index (χ2v) is 7.40. The van der Waals surface area contributed by atoms with E-state index < -0.39 is 5.97 Å². The Hall–Kier alpha value is -3.44. The summed E-state index contributed by atoms with van der Waals surface area (Å²) in [4.78, 5) is 12.2. The molecule has 3 aromatic carbocycles. The molecule has 0 aliphatic rings. The van der Waals surface area contributed by atoms with Gasteiger partial charge in [-0.25, -0.2) is 9.18 Å². The highest BCUT2D eigenvalue weighted by atomic mass is 19.1. The maximum Gasteiger partial charge on any atom is 0.352 e. The number of benzene rings is 3. The summed E-state index contributed by atoms with van der Waals surface area (Å²) in [6.45, 7) is 3.42. The van der Waals surface area contributed by atoms with E-state index in [2.05, 4.69) is 24.4 Å². The fraction of sp³-hybridized carbons (Fsp3) is 0.160. The number of nitrogens with zero attached hydrogens (tertiary/aromatic N) is 1. The minimum atomic E-state index is -0.990. The molecule has 30 heavy (non-hydrogen) atoms. The van der Waals surface area contributed by atoms with Crippen LogP contribution in [0.5, 0.6) is 0 Å². The predicted octanol–water partition coefficient (Wildman–Crippen LogP) is 5.13. The maximum absolute atomic E-state index is 13.7. The highest BCUT2D eigenvalue weighted by Crippen LogP contribution is 2.28. The van der Waals surface area contributed by atoms with E-state index in [0.717, 1.165) is 22.0 Å². The molecule has 1 heterocycles. The Kier molecular flexibility index (Phi) is 5.63. The van der Waals surface area contributed by atoms with E-state index in [0.29, 0.717) is 13.1 Å². The summed E-state index contributed by atoms with van der Waals surface area (Å²) in [5.74, 6) is -1.32. The van der Waals surface area contributed by atoms with Crippen LogP contribution in [-0.4, -0.2) is 15.6 Å². The summed E-state index contributed by atoms with van der Waals surface area (Å²) >= 11 is 0. The van der Waals surface area contributed by atoms with Gasteiger partial charge in [0.05, 0.1) is 0 Å². The molecule has 0 spiro atoms. The molecule has 0 fully saturated rings. The van der Waals surface area contributed by atoms with Crippen molar-refractivity contribution in [2.75, 3.05) is 0 Å². The van der Waals surface area contributed by atoms with Gasteiger partial charge in [0.1, 0.15) is 11.5 Å². The van der Waals surface area contributed by atoms with Crippen molar-refractivity contribution in [1.82, 2.24) is 9.88 Å². The molecule has 4 nitrogen and oxygen atoms in total. The first kappa shape index (κ1) is 19.9. The second kappa shape index (κ2) is 8.51. The topological polar surface area (TPSA) is 54.3 Å². The number of fused-ring (bicyclic) bond motifs is 1. The van der Waals surface area contributed by atoms with Crippen LogP contribution < -0.4 is 5.32 Å². The molecule has 0 unspecified atom stereocenters. The van der Waals surface area contributed by atoms with E-state index in [1.54, 1.807) is 16.7 Å². The van der Waals surface area contributed by atoms with Crippen LogP contribution in [-0.2, 0) is 19.6 Å². The summed E-state index contributed by atoms with van der Waals surface area (Å²) in [5, 5.41) is 14.3. The van der Waals surface area contributed by atoms with Gasteiger partial charge < -0.3 is 15.0 Å². The minimum absolute atomic E-state index is 0.234.